The van der Waals surface area contributed by atoms with Crippen molar-refractivity contribution in [2.45, 2.75) is 57.3 Å². The van der Waals surface area contributed by atoms with E-state index < -0.39 is 60.2 Å². The molecule has 0 heterocycles. The zero-order chi connectivity index (χ0) is 25.8. The molecule has 0 aliphatic heterocycles. The molecule has 11 nitrogen and oxygen atoms in total. The van der Waals surface area contributed by atoms with Gasteiger partial charge in [0.05, 0.1) is 12.5 Å². The fraction of sp³-hybridized carbons (Fsp3) is 0.500. The molecule has 1 aromatic rings. The molecule has 12 heteroatoms. The van der Waals surface area contributed by atoms with Crippen LogP contribution >= 0.6 is 12.6 Å². The van der Waals surface area contributed by atoms with Crippen molar-refractivity contribution in [3.63, 3.8) is 0 Å². The van der Waals surface area contributed by atoms with Crippen molar-refractivity contribution < 1.29 is 29.1 Å². The molecule has 8 N–H and O–H groups in total. The molecule has 188 valence electrons. The lowest BCUT2D eigenvalue weighted by molar-refractivity contribution is -0.143. The van der Waals surface area contributed by atoms with E-state index in [1.165, 1.54) is 0 Å². The maximum atomic E-state index is 12.9. The minimum atomic E-state index is -1.55. The number of primary amides is 1. The number of thiol groups is 1. The normalized spacial score (nSPS) is 14.4. The van der Waals surface area contributed by atoms with E-state index in [-0.39, 0.29) is 24.5 Å². The molecule has 0 fully saturated rings. The summed E-state index contributed by atoms with van der Waals surface area (Å²) in [5.41, 5.74) is 11.9. The van der Waals surface area contributed by atoms with E-state index in [1.54, 1.807) is 0 Å². The third kappa shape index (κ3) is 10.2. The third-order valence-electron chi connectivity index (χ3n) is 4.81. The second-order valence-electron chi connectivity index (χ2n) is 8.30. The number of rotatable bonds is 14. The van der Waals surface area contributed by atoms with Crippen LogP contribution in [0.4, 0.5) is 0 Å². The third-order valence-corrected chi connectivity index (χ3v) is 5.18. The van der Waals surface area contributed by atoms with Gasteiger partial charge in [0.2, 0.25) is 23.6 Å². The van der Waals surface area contributed by atoms with Crippen LogP contribution in [0.15, 0.2) is 30.3 Å². The maximum absolute atomic E-state index is 12.9. The summed E-state index contributed by atoms with van der Waals surface area (Å²) in [4.78, 5) is 60.3. The molecule has 1 aromatic carbocycles. The number of amides is 4. The Morgan fingerprint density at radius 1 is 0.912 bits per heavy atom. The molecule has 4 unspecified atom stereocenters. The van der Waals surface area contributed by atoms with Crippen LogP contribution in [0.1, 0.15) is 32.3 Å². The molecule has 0 saturated carbocycles. The van der Waals surface area contributed by atoms with E-state index in [9.17, 15) is 24.0 Å². The highest BCUT2D eigenvalue weighted by molar-refractivity contribution is 7.80. The summed E-state index contributed by atoms with van der Waals surface area (Å²) in [5, 5.41) is 16.4. The van der Waals surface area contributed by atoms with E-state index in [0.29, 0.717) is 0 Å². The van der Waals surface area contributed by atoms with Crippen LogP contribution in [0, 0.1) is 5.92 Å². The molecule has 4 amide bonds. The number of benzene rings is 1. The average Bonchev–Trinajstić information content (AvgIpc) is 2.76. The smallest absolute Gasteiger partial charge is 0.326 e. The van der Waals surface area contributed by atoms with Crippen LogP contribution in [-0.2, 0) is 30.4 Å². The number of carbonyl (C=O) groups is 5. The van der Waals surface area contributed by atoms with Crippen molar-refractivity contribution in [3.05, 3.63) is 35.9 Å². The number of nitrogens with two attached hydrogens (primary N) is 2. The van der Waals surface area contributed by atoms with Crippen LogP contribution in [0.3, 0.4) is 0 Å². The number of hydrogen-bond acceptors (Lipinski definition) is 7. The van der Waals surface area contributed by atoms with Gasteiger partial charge in [-0.1, -0.05) is 44.2 Å². The van der Waals surface area contributed by atoms with Gasteiger partial charge in [-0.3, -0.25) is 19.2 Å². The Kier molecular flexibility index (Phi) is 12.1. The predicted octanol–water partition coefficient (Wildman–Crippen LogP) is -1.05. The van der Waals surface area contributed by atoms with Gasteiger partial charge in [0.1, 0.15) is 18.1 Å². The van der Waals surface area contributed by atoms with Crippen molar-refractivity contribution in [1.82, 2.24) is 16.0 Å². The summed E-state index contributed by atoms with van der Waals surface area (Å²) in [5.74, 6) is -4.52. The van der Waals surface area contributed by atoms with Gasteiger partial charge in [-0.25, -0.2) is 4.79 Å². The Bertz CT molecular complexity index is 867. The van der Waals surface area contributed by atoms with Gasteiger partial charge in [-0.05, 0) is 24.3 Å². The average molecular weight is 496 g/mol. The second-order valence-corrected chi connectivity index (χ2v) is 8.67. The first kappa shape index (κ1) is 28.9. The standard InChI is InChI=1S/C22H33N5O6S/c1-12(2)8-15(25-19(29)14(23)9-13-6-4-3-5-7-13)20(30)27-17(11-34)21(31)26-16(22(32)33)10-18(24)28/h3-7,12,14-17,34H,8-11,23H2,1-2H3,(H2,24,28)(H,25,29)(H,26,31)(H,27,30)(H,32,33). The summed E-state index contributed by atoms with van der Waals surface area (Å²) < 4.78 is 0. The quantitative estimate of drug-likeness (QED) is 0.160. The molecule has 0 aliphatic carbocycles. The van der Waals surface area contributed by atoms with E-state index in [2.05, 4.69) is 28.6 Å². The van der Waals surface area contributed by atoms with Gasteiger partial charge in [0.15, 0.2) is 0 Å². The van der Waals surface area contributed by atoms with Crippen LogP contribution in [-0.4, -0.2) is 64.6 Å². The Morgan fingerprint density at radius 2 is 1.44 bits per heavy atom. The molecule has 4 atom stereocenters. The topological polar surface area (TPSA) is 194 Å². The van der Waals surface area contributed by atoms with Crippen LogP contribution < -0.4 is 27.4 Å². The fourth-order valence-electron chi connectivity index (χ4n) is 3.08. The summed E-state index contributed by atoms with van der Waals surface area (Å²) >= 11 is 4.05. The Labute approximate surface area is 203 Å². The van der Waals surface area contributed by atoms with Gasteiger partial charge in [0.25, 0.3) is 0 Å². The van der Waals surface area contributed by atoms with Crippen LogP contribution in [0.5, 0.6) is 0 Å². The van der Waals surface area contributed by atoms with Crippen molar-refractivity contribution >= 4 is 42.2 Å². The highest BCUT2D eigenvalue weighted by atomic mass is 32.1. The lowest BCUT2D eigenvalue weighted by Crippen LogP contribution is -2.58. The monoisotopic (exact) mass is 495 g/mol. The predicted molar refractivity (Wildman–Crippen MR) is 129 cm³/mol. The summed E-state index contributed by atoms with van der Waals surface area (Å²) in [6, 6.07) is 4.55. The maximum Gasteiger partial charge on any atom is 0.326 e. The molecule has 0 radical (unpaired) electrons. The second kappa shape index (κ2) is 14.2. The van der Waals surface area contributed by atoms with Gasteiger partial charge >= 0.3 is 5.97 Å². The molecule has 0 aromatic heterocycles. The minimum absolute atomic E-state index is 0.0247. The van der Waals surface area contributed by atoms with E-state index >= 15 is 0 Å². The lowest BCUT2D eigenvalue weighted by atomic mass is 10.0. The highest BCUT2D eigenvalue weighted by Crippen LogP contribution is 2.08. The van der Waals surface area contributed by atoms with Crippen molar-refractivity contribution in [2.24, 2.45) is 17.4 Å². The zero-order valence-electron chi connectivity index (χ0n) is 19.2. The Hall–Kier alpha value is -3.12. The SMILES string of the molecule is CC(C)CC(NC(=O)C(N)Cc1ccccc1)C(=O)NC(CS)C(=O)NC(CC(N)=O)C(=O)O. The van der Waals surface area contributed by atoms with Gasteiger partial charge in [-0.15, -0.1) is 0 Å². The molecule has 0 saturated heterocycles. The Balaban J connectivity index is 2.85. The number of carboxylic acids is 1. The number of hydrogen-bond donors (Lipinski definition) is 7. The first-order valence-corrected chi connectivity index (χ1v) is 11.4. The summed E-state index contributed by atoms with van der Waals surface area (Å²) in [6.45, 7) is 3.72. The molecule has 0 spiro atoms. The number of carbonyl (C=O) groups excluding carboxylic acids is 4. The molecule has 1 rings (SSSR count). The first-order valence-electron chi connectivity index (χ1n) is 10.8. The Morgan fingerprint density at radius 3 is 1.94 bits per heavy atom. The fourth-order valence-corrected chi connectivity index (χ4v) is 3.34. The van der Waals surface area contributed by atoms with Gasteiger partial charge in [-0.2, -0.15) is 12.6 Å². The lowest BCUT2D eigenvalue weighted by Gasteiger charge is -2.25. The minimum Gasteiger partial charge on any atom is -0.480 e. The van der Waals surface area contributed by atoms with E-state index in [0.717, 1.165) is 5.56 Å². The summed E-state index contributed by atoms with van der Waals surface area (Å²) in [6.07, 6.45) is -0.0591. The van der Waals surface area contributed by atoms with Crippen LogP contribution in [0.2, 0.25) is 0 Å². The first-order chi connectivity index (χ1) is 15.9. The van der Waals surface area contributed by atoms with E-state index in [4.69, 9.17) is 16.6 Å². The van der Waals surface area contributed by atoms with E-state index in [1.807, 2.05) is 44.2 Å². The van der Waals surface area contributed by atoms with Gasteiger partial charge in [0, 0.05) is 5.75 Å². The largest absolute Gasteiger partial charge is 0.480 e. The molecule has 0 bridgehead atoms. The van der Waals surface area contributed by atoms with Crippen LogP contribution in [0.25, 0.3) is 0 Å². The number of nitrogens with one attached hydrogen (secondary N) is 3. The molecular formula is C22H33N5O6S. The van der Waals surface area contributed by atoms with Crippen molar-refractivity contribution in [2.75, 3.05) is 5.75 Å². The molecular weight excluding hydrogens is 462 g/mol. The summed E-state index contributed by atoms with van der Waals surface area (Å²) in [7, 11) is 0. The highest BCUT2D eigenvalue weighted by Gasteiger charge is 2.30. The zero-order valence-corrected chi connectivity index (χ0v) is 20.1. The van der Waals surface area contributed by atoms with Crippen molar-refractivity contribution in [1.29, 1.82) is 0 Å². The van der Waals surface area contributed by atoms with Crippen molar-refractivity contribution in [3.8, 4) is 0 Å². The number of carboxylic acid groups (broad SMARTS) is 1. The number of aliphatic carboxylic acids is 1. The van der Waals surface area contributed by atoms with Gasteiger partial charge < -0.3 is 32.5 Å². The molecule has 0 aliphatic rings. The molecule has 34 heavy (non-hydrogen) atoms.